The Morgan fingerprint density at radius 3 is 2.94 bits per heavy atom. The van der Waals surface area contributed by atoms with Gasteiger partial charge in [-0.1, -0.05) is 13.8 Å². The zero-order valence-electron chi connectivity index (χ0n) is 10.3. The molecule has 2 rings (SSSR count). The SMILES string of the molecule is CC(C)COC(=O)N1CCC2(CCNC2)C1. The first-order valence-electron chi connectivity index (χ1n) is 6.24. The van der Waals surface area contributed by atoms with E-state index in [1.165, 1.54) is 6.42 Å². The molecule has 92 valence electrons. The van der Waals surface area contributed by atoms with Crippen molar-refractivity contribution < 1.29 is 9.53 Å². The molecule has 1 amide bonds. The maximum absolute atomic E-state index is 11.8. The van der Waals surface area contributed by atoms with Crippen LogP contribution in [0.5, 0.6) is 0 Å². The van der Waals surface area contributed by atoms with E-state index in [1.807, 2.05) is 4.90 Å². The van der Waals surface area contributed by atoms with Crippen molar-refractivity contribution in [2.45, 2.75) is 26.7 Å². The highest BCUT2D eigenvalue weighted by Crippen LogP contribution is 2.36. The summed E-state index contributed by atoms with van der Waals surface area (Å²) in [6, 6.07) is 0. The van der Waals surface area contributed by atoms with Gasteiger partial charge in [0.2, 0.25) is 0 Å². The minimum absolute atomic E-state index is 0.127. The second kappa shape index (κ2) is 4.62. The third-order valence-corrected chi connectivity index (χ3v) is 3.57. The summed E-state index contributed by atoms with van der Waals surface area (Å²) >= 11 is 0. The van der Waals surface area contributed by atoms with Gasteiger partial charge in [-0.05, 0) is 25.3 Å². The molecule has 2 aliphatic rings. The van der Waals surface area contributed by atoms with Gasteiger partial charge < -0.3 is 15.0 Å². The summed E-state index contributed by atoms with van der Waals surface area (Å²) in [7, 11) is 0. The Bertz CT molecular complexity index is 260. The van der Waals surface area contributed by atoms with E-state index in [0.717, 1.165) is 32.6 Å². The van der Waals surface area contributed by atoms with Gasteiger partial charge in [0.15, 0.2) is 0 Å². The molecule has 2 saturated heterocycles. The smallest absolute Gasteiger partial charge is 0.409 e. The van der Waals surface area contributed by atoms with E-state index in [1.54, 1.807) is 0 Å². The minimum atomic E-state index is -0.127. The molecular weight excluding hydrogens is 204 g/mol. The Labute approximate surface area is 97.3 Å². The second-order valence-corrected chi connectivity index (χ2v) is 5.57. The fraction of sp³-hybridized carbons (Fsp3) is 0.917. The van der Waals surface area contributed by atoms with E-state index in [2.05, 4.69) is 19.2 Å². The van der Waals surface area contributed by atoms with E-state index in [4.69, 9.17) is 4.74 Å². The van der Waals surface area contributed by atoms with Crippen molar-refractivity contribution >= 4 is 6.09 Å². The van der Waals surface area contributed by atoms with Crippen LogP contribution in [-0.4, -0.2) is 43.8 Å². The number of nitrogens with zero attached hydrogens (tertiary/aromatic N) is 1. The van der Waals surface area contributed by atoms with E-state index < -0.39 is 0 Å². The predicted octanol–water partition coefficient (Wildman–Crippen LogP) is 1.46. The number of ether oxygens (including phenoxy) is 1. The number of amides is 1. The van der Waals surface area contributed by atoms with E-state index in [0.29, 0.717) is 17.9 Å². The summed E-state index contributed by atoms with van der Waals surface area (Å²) in [4.78, 5) is 13.6. The van der Waals surface area contributed by atoms with Gasteiger partial charge in [-0.25, -0.2) is 4.79 Å². The average molecular weight is 226 g/mol. The van der Waals surface area contributed by atoms with Crippen LogP contribution >= 0.6 is 0 Å². The van der Waals surface area contributed by atoms with Crippen LogP contribution in [0.25, 0.3) is 0 Å². The third kappa shape index (κ3) is 2.48. The molecule has 0 aliphatic carbocycles. The molecule has 0 bridgehead atoms. The van der Waals surface area contributed by atoms with Gasteiger partial charge >= 0.3 is 6.09 Å². The van der Waals surface area contributed by atoms with Crippen molar-refractivity contribution in [1.82, 2.24) is 10.2 Å². The molecule has 4 nitrogen and oxygen atoms in total. The van der Waals surface area contributed by atoms with Gasteiger partial charge in [-0.15, -0.1) is 0 Å². The highest BCUT2D eigenvalue weighted by Gasteiger charge is 2.42. The monoisotopic (exact) mass is 226 g/mol. The van der Waals surface area contributed by atoms with Crippen LogP contribution in [0.15, 0.2) is 0 Å². The van der Waals surface area contributed by atoms with E-state index >= 15 is 0 Å². The van der Waals surface area contributed by atoms with Crippen molar-refractivity contribution in [1.29, 1.82) is 0 Å². The Balaban J connectivity index is 1.81. The van der Waals surface area contributed by atoms with Crippen molar-refractivity contribution in [2.75, 3.05) is 32.8 Å². The Morgan fingerprint density at radius 2 is 2.31 bits per heavy atom. The average Bonchev–Trinajstić information content (AvgIpc) is 2.86. The molecule has 2 aliphatic heterocycles. The quantitative estimate of drug-likeness (QED) is 0.775. The summed E-state index contributed by atoms with van der Waals surface area (Å²) in [6.45, 7) is 8.52. The molecule has 16 heavy (non-hydrogen) atoms. The Hall–Kier alpha value is -0.770. The van der Waals surface area contributed by atoms with Crippen molar-refractivity contribution in [3.63, 3.8) is 0 Å². The van der Waals surface area contributed by atoms with Gasteiger partial charge in [0.05, 0.1) is 6.61 Å². The number of carbonyl (C=O) groups is 1. The first-order valence-corrected chi connectivity index (χ1v) is 6.24. The molecule has 2 heterocycles. The zero-order valence-corrected chi connectivity index (χ0v) is 10.3. The number of hydrogen-bond donors (Lipinski definition) is 1. The minimum Gasteiger partial charge on any atom is -0.449 e. The molecule has 1 unspecified atom stereocenters. The fourth-order valence-electron chi connectivity index (χ4n) is 2.56. The van der Waals surface area contributed by atoms with Gasteiger partial charge in [-0.2, -0.15) is 0 Å². The van der Waals surface area contributed by atoms with Crippen LogP contribution in [-0.2, 0) is 4.74 Å². The highest BCUT2D eigenvalue weighted by atomic mass is 16.6. The molecule has 0 aromatic rings. The normalized spacial score (nSPS) is 29.3. The Morgan fingerprint density at radius 1 is 1.50 bits per heavy atom. The standard InChI is InChI=1S/C12H22N2O2/c1-10(2)7-16-11(15)14-6-4-12(9-14)3-5-13-8-12/h10,13H,3-9H2,1-2H3. The summed E-state index contributed by atoms with van der Waals surface area (Å²) < 4.78 is 5.26. The lowest BCUT2D eigenvalue weighted by molar-refractivity contribution is 0.0959. The van der Waals surface area contributed by atoms with E-state index in [9.17, 15) is 4.79 Å². The maximum atomic E-state index is 11.8. The molecule has 0 aromatic carbocycles. The molecule has 0 radical (unpaired) electrons. The molecular formula is C12H22N2O2. The van der Waals surface area contributed by atoms with Crippen molar-refractivity contribution in [2.24, 2.45) is 11.3 Å². The first-order chi connectivity index (χ1) is 7.61. The third-order valence-electron chi connectivity index (χ3n) is 3.57. The molecule has 0 aromatic heterocycles. The molecule has 1 N–H and O–H groups in total. The highest BCUT2D eigenvalue weighted by molar-refractivity contribution is 5.68. The lowest BCUT2D eigenvalue weighted by Crippen LogP contribution is -2.34. The number of rotatable bonds is 2. The molecule has 1 atom stereocenters. The second-order valence-electron chi connectivity index (χ2n) is 5.57. The van der Waals surface area contributed by atoms with Crippen LogP contribution in [0.1, 0.15) is 26.7 Å². The molecule has 4 heteroatoms. The number of carbonyl (C=O) groups excluding carboxylic acids is 1. The van der Waals surface area contributed by atoms with Gasteiger partial charge in [-0.3, -0.25) is 0 Å². The van der Waals surface area contributed by atoms with Crippen molar-refractivity contribution in [3.05, 3.63) is 0 Å². The van der Waals surface area contributed by atoms with Crippen LogP contribution in [0.3, 0.4) is 0 Å². The predicted molar refractivity (Wildman–Crippen MR) is 62.3 cm³/mol. The van der Waals surface area contributed by atoms with E-state index in [-0.39, 0.29) is 6.09 Å². The van der Waals surface area contributed by atoms with Gasteiger partial charge in [0.25, 0.3) is 0 Å². The van der Waals surface area contributed by atoms with Gasteiger partial charge in [0, 0.05) is 25.0 Å². The lowest BCUT2D eigenvalue weighted by Gasteiger charge is -2.22. The number of likely N-dealkylation sites (tertiary alicyclic amines) is 1. The summed E-state index contributed by atoms with van der Waals surface area (Å²) in [5, 5.41) is 3.39. The number of nitrogens with one attached hydrogen (secondary N) is 1. The summed E-state index contributed by atoms with van der Waals surface area (Å²) in [5.41, 5.74) is 0.344. The summed E-state index contributed by atoms with van der Waals surface area (Å²) in [5.74, 6) is 0.411. The topological polar surface area (TPSA) is 41.6 Å². The lowest BCUT2D eigenvalue weighted by atomic mass is 9.87. The molecule has 0 saturated carbocycles. The van der Waals surface area contributed by atoms with Crippen LogP contribution in [0, 0.1) is 11.3 Å². The first kappa shape index (κ1) is 11.7. The van der Waals surface area contributed by atoms with Gasteiger partial charge in [0.1, 0.15) is 0 Å². The fourth-order valence-corrected chi connectivity index (χ4v) is 2.56. The van der Waals surface area contributed by atoms with Crippen LogP contribution < -0.4 is 5.32 Å². The summed E-state index contributed by atoms with van der Waals surface area (Å²) in [6.07, 6.45) is 2.19. The molecule has 2 fully saturated rings. The van der Waals surface area contributed by atoms with Crippen LogP contribution in [0.2, 0.25) is 0 Å². The largest absolute Gasteiger partial charge is 0.449 e. The number of hydrogen-bond acceptors (Lipinski definition) is 3. The maximum Gasteiger partial charge on any atom is 0.409 e. The van der Waals surface area contributed by atoms with Crippen molar-refractivity contribution in [3.8, 4) is 0 Å². The Kier molecular flexibility index (Phi) is 3.38. The zero-order chi connectivity index (χ0) is 11.6. The van der Waals surface area contributed by atoms with Crippen LogP contribution in [0.4, 0.5) is 4.79 Å². The molecule has 1 spiro atoms.